The molecule has 20 heavy (non-hydrogen) atoms. The van der Waals surface area contributed by atoms with E-state index in [0.717, 1.165) is 31.2 Å². The van der Waals surface area contributed by atoms with Crippen molar-refractivity contribution in [3.8, 4) is 5.88 Å². The quantitative estimate of drug-likeness (QED) is 0.660. The van der Waals surface area contributed by atoms with Crippen molar-refractivity contribution in [3.05, 3.63) is 23.9 Å². The van der Waals surface area contributed by atoms with E-state index in [1.165, 1.54) is 12.8 Å². The SMILES string of the molecule is CCNC(=NCc1cccnc1OCC)N1CCCC1. The second-order valence-electron chi connectivity index (χ2n) is 4.77. The Balaban J connectivity index is 2.08. The van der Waals surface area contributed by atoms with Gasteiger partial charge in [0.1, 0.15) is 0 Å². The van der Waals surface area contributed by atoms with E-state index in [1.54, 1.807) is 6.20 Å². The molecule has 1 aromatic rings. The summed E-state index contributed by atoms with van der Waals surface area (Å²) in [4.78, 5) is 11.3. The van der Waals surface area contributed by atoms with Crippen molar-refractivity contribution in [2.75, 3.05) is 26.2 Å². The summed E-state index contributed by atoms with van der Waals surface area (Å²) in [6, 6.07) is 3.95. The van der Waals surface area contributed by atoms with Crippen LogP contribution in [0.25, 0.3) is 0 Å². The van der Waals surface area contributed by atoms with E-state index in [-0.39, 0.29) is 0 Å². The van der Waals surface area contributed by atoms with Gasteiger partial charge < -0.3 is 15.0 Å². The van der Waals surface area contributed by atoms with E-state index in [0.29, 0.717) is 19.0 Å². The third-order valence-electron chi connectivity index (χ3n) is 3.27. The lowest BCUT2D eigenvalue weighted by molar-refractivity contribution is 0.323. The van der Waals surface area contributed by atoms with Gasteiger partial charge in [-0.1, -0.05) is 6.07 Å². The zero-order valence-corrected chi connectivity index (χ0v) is 12.4. The summed E-state index contributed by atoms with van der Waals surface area (Å²) in [5, 5.41) is 3.36. The minimum Gasteiger partial charge on any atom is -0.478 e. The van der Waals surface area contributed by atoms with Gasteiger partial charge in [-0.2, -0.15) is 0 Å². The molecule has 1 aliphatic rings. The second-order valence-corrected chi connectivity index (χ2v) is 4.77. The lowest BCUT2D eigenvalue weighted by Gasteiger charge is -2.20. The van der Waals surface area contributed by atoms with Crippen LogP contribution in [0.5, 0.6) is 5.88 Å². The number of nitrogens with zero attached hydrogens (tertiary/aromatic N) is 3. The van der Waals surface area contributed by atoms with Crippen LogP contribution in [0.15, 0.2) is 23.3 Å². The van der Waals surface area contributed by atoms with Gasteiger partial charge in [0.05, 0.1) is 13.2 Å². The Bertz CT molecular complexity index is 441. The summed E-state index contributed by atoms with van der Waals surface area (Å²) in [7, 11) is 0. The van der Waals surface area contributed by atoms with Crippen LogP contribution in [-0.2, 0) is 6.54 Å². The Morgan fingerprint density at radius 1 is 1.40 bits per heavy atom. The van der Waals surface area contributed by atoms with Crippen molar-refractivity contribution in [2.24, 2.45) is 4.99 Å². The fourth-order valence-corrected chi connectivity index (χ4v) is 2.33. The van der Waals surface area contributed by atoms with Gasteiger partial charge in [0.25, 0.3) is 0 Å². The molecule has 5 nitrogen and oxygen atoms in total. The summed E-state index contributed by atoms with van der Waals surface area (Å²) in [6.07, 6.45) is 4.26. The third kappa shape index (κ3) is 3.85. The van der Waals surface area contributed by atoms with Crippen LogP contribution >= 0.6 is 0 Å². The van der Waals surface area contributed by atoms with Gasteiger partial charge in [0.2, 0.25) is 5.88 Å². The minimum atomic E-state index is 0.599. The predicted octanol–water partition coefficient (Wildman–Crippen LogP) is 2.04. The van der Waals surface area contributed by atoms with Gasteiger partial charge in [-0.15, -0.1) is 0 Å². The summed E-state index contributed by atoms with van der Waals surface area (Å²) in [5.74, 6) is 1.69. The molecule has 2 heterocycles. The van der Waals surface area contributed by atoms with Gasteiger partial charge in [0, 0.05) is 31.4 Å². The Morgan fingerprint density at radius 3 is 2.90 bits per heavy atom. The van der Waals surface area contributed by atoms with Gasteiger partial charge in [-0.25, -0.2) is 9.98 Å². The van der Waals surface area contributed by atoms with Crippen LogP contribution in [0.3, 0.4) is 0 Å². The largest absolute Gasteiger partial charge is 0.478 e. The fraction of sp³-hybridized carbons (Fsp3) is 0.600. The molecule has 2 rings (SSSR count). The average Bonchev–Trinajstić information content (AvgIpc) is 2.99. The predicted molar refractivity (Wildman–Crippen MR) is 81.0 cm³/mol. The third-order valence-corrected chi connectivity index (χ3v) is 3.27. The minimum absolute atomic E-state index is 0.599. The number of likely N-dealkylation sites (tertiary alicyclic amines) is 1. The standard InChI is InChI=1S/C15H24N4O/c1-3-16-15(19-10-5-6-11-19)18-12-13-8-7-9-17-14(13)20-4-2/h7-9H,3-6,10-12H2,1-2H3,(H,16,18). The van der Waals surface area contributed by atoms with Gasteiger partial charge in [-0.3, -0.25) is 0 Å². The lowest BCUT2D eigenvalue weighted by atomic mass is 10.3. The molecule has 1 N–H and O–H groups in total. The monoisotopic (exact) mass is 276 g/mol. The number of aliphatic imine (C=N–C) groups is 1. The Morgan fingerprint density at radius 2 is 2.20 bits per heavy atom. The first-order valence-electron chi connectivity index (χ1n) is 7.45. The molecule has 110 valence electrons. The van der Waals surface area contributed by atoms with E-state index in [1.807, 2.05) is 19.1 Å². The first-order chi connectivity index (χ1) is 9.85. The number of pyridine rings is 1. The number of rotatable bonds is 5. The van der Waals surface area contributed by atoms with Gasteiger partial charge >= 0.3 is 0 Å². The highest BCUT2D eigenvalue weighted by Gasteiger charge is 2.15. The zero-order valence-electron chi connectivity index (χ0n) is 12.4. The highest BCUT2D eigenvalue weighted by molar-refractivity contribution is 5.80. The van der Waals surface area contributed by atoms with Crippen molar-refractivity contribution in [3.63, 3.8) is 0 Å². The second kappa shape index (κ2) is 7.72. The van der Waals surface area contributed by atoms with Crippen LogP contribution in [0.1, 0.15) is 32.3 Å². The topological polar surface area (TPSA) is 49.8 Å². The molecule has 1 saturated heterocycles. The van der Waals surface area contributed by atoms with Crippen molar-refractivity contribution >= 4 is 5.96 Å². The average molecular weight is 276 g/mol. The molecule has 0 aliphatic carbocycles. The number of hydrogen-bond donors (Lipinski definition) is 1. The Hall–Kier alpha value is -1.78. The molecule has 5 heteroatoms. The zero-order chi connectivity index (χ0) is 14.2. The highest BCUT2D eigenvalue weighted by Crippen LogP contribution is 2.16. The molecule has 0 spiro atoms. The van der Waals surface area contributed by atoms with Crippen LogP contribution in [-0.4, -0.2) is 42.1 Å². The van der Waals surface area contributed by atoms with Crippen LogP contribution < -0.4 is 10.1 Å². The number of ether oxygens (including phenoxy) is 1. The van der Waals surface area contributed by atoms with Gasteiger partial charge in [-0.05, 0) is 32.8 Å². The molecule has 0 saturated carbocycles. The molecule has 0 amide bonds. The molecule has 0 radical (unpaired) electrons. The molecule has 1 fully saturated rings. The fourth-order valence-electron chi connectivity index (χ4n) is 2.33. The number of aromatic nitrogens is 1. The van der Waals surface area contributed by atoms with Crippen LogP contribution in [0.4, 0.5) is 0 Å². The molecule has 0 bridgehead atoms. The maximum atomic E-state index is 5.54. The smallest absolute Gasteiger partial charge is 0.218 e. The molecule has 0 unspecified atom stereocenters. The number of guanidine groups is 1. The van der Waals surface area contributed by atoms with E-state index < -0.39 is 0 Å². The molecular formula is C15H24N4O. The van der Waals surface area contributed by atoms with Crippen LogP contribution in [0.2, 0.25) is 0 Å². The summed E-state index contributed by atoms with van der Waals surface area (Å²) in [5.41, 5.74) is 1.03. The van der Waals surface area contributed by atoms with E-state index in [2.05, 4.69) is 22.1 Å². The first kappa shape index (κ1) is 14.6. The van der Waals surface area contributed by atoms with Crippen molar-refractivity contribution < 1.29 is 4.74 Å². The van der Waals surface area contributed by atoms with E-state index in [9.17, 15) is 0 Å². The molecule has 1 aromatic heterocycles. The summed E-state index contributed by atoms with van der Waals surface area (Å²) >= 11 is 0. The van der Waals surface area contributed by atoms with Crippen molar-refractivity contribution in [1.29, 1.82) is 0 Å². The number of hydrogen-bond acceptors (Lipinski definition) is 3. The molecular weight excluding hydrogens is 252 g/mol. The van der Waals surface area contributed by atoms with Crippen LogP contribution in [0, 0.1) is 0 Å². The Kier molecular flexibility index (Phi) is 5.65. The summed E-state index contributed by atoms with van der Waals surface area (Å²) in [6.45, 7) is 8.37. The first-order valence-corrected chi connectivity index (χ1v) is 7.45. The Labute approximate surface area is 121 Å². The normalized spacial score (nSPS) is 15.5. The van der Waals surface area contributed by atoms with Gasteiger partial charge in [0.15, 0.2) is 5.96 Å². The maximum absolute atomic E-state index is 5.54. The molecule has 1 aliphatic heterocycles. The molecule has 0 aromatic carbocycles. The lowest BCUT2D eigenvalue weighted by Crippen LogP contribution is -2.39. The maximum Gasteiger partial charge on any atom is 0.218 e. The summed E-state index contributed by atoms with van der Waals surface area (Å²) < 4.78 is 5.54. The van der Waals surface area contributed by atoms with Crippen molar-refractivity contribution in [1.82, 2.24) is 15.2 Å². The van der Waals surface area contributed by atoms with E-state index >= 15 is 0 Å². The highest BCUT2D eigenvalue weighted by atomic mass is 16.5. The number of nitrogens with one attached hydrogen (secondary N) is 1. The van der Waals surface area contributed by atoms with Crippen molar-refractivity contribution in [2.45, 2.75) is 33.2 Å². The van der Waals surface area contributed by atoms with E-state index in [4.69, 9.17) is 9.73 Å². The molecule has 0 atom stereocenters.